The van der Waals surface area contributed by atoms with E-state index in [4.69, 9.17) is 16.3 Å². The molecule has 1 heterocycles. The molecule has 0 unspecified atom stereocenters. The monoisotopic (exact) mass is 147 g/mol. The summed E-state index contributed by atoms with van der Waals surface area (Å²) in [7, 11) is 0. The van der Waals surface area contributed by atoms with Crippen LogP contribution in [0.4, 0.5) is 0 Å². The Labute approximate surface area is 59.9 Å². The van der Waals surface area contributed by atoms with Crippen molar-refractivity contribution in [1.29, 1.82) is 0 Å². The van der Waals surface area contributed by atoms with Crippen LogP contribution < -0.4 is 0 Å². The average Bonchev–Trinajstić information content (AvgIpc) is 2.34. The van der Waals surface area contributed by atoms with Crippen LogP contribution in [-0.4, -0.2) is 24.4 Å². The van der Waals surface area contributed by atoms with Crippen LogP contribution in [0.2, 0.25) is 0 Å². The number of ether oxygens (including phenoxy) is 1. The molecule has 1 aliphatic heterocycles. The number of halogens is 1. The normalized spacial score (nSPS) is 25.6. The largest absolute Gasteiger partial charge is 0.478 e. The van der Waals surface area contributed by atoms with E-state index < -0.39 is 0 Å². The lowest BCUT2D eigenvalue weighted by Gasteiger charge is -1.96. The van der Waals surface area contributed by atoms with E-state index in [0.29, 0.717) is 17.8 Å². The van der Waals surface area contributed by atoms with Crippen LogP contribution in [0.1, 0.15) is 13.3 Å². The molecule has 2 nitrogen and oxygen atoms in total. The number of hydrogen-bond donors (Lipinski definition) is 0. The van der Waals surface area contributed by atoms with E-state index in [1.807, 2.05) is 0 Å². The van der Waals surface area contributed by atoms with E-state index in [0.717, 1.165) is 13.0 Å². The third-order valence-corrected chi connectivity index (χ3v) is 1.58. The summed E-state index contributed by atoms with van der Waals surface area (Å²) in [4.78, 5) is 4.19. The minimum absolute atomic E-state index is 0.360. The Morgan fingerprint density at radius 1 is 1.89 bits per heavy atom. The van der Waals surface area contributed by atoms with E-state index in [1.54, 1.807) is 0 Å². The minimum atomic E-state index is 0.360. The molecule has 0 aliphatic carbocycles. The molecule has 9 heavy (non-hydrogen) atoms. The smallest absolute Gasteiger partial charge is 0.199 e. The minimum Gasteiger partial charge on any atom is -0.478 e. The Balaban J connectivity index is 2.40. The fourth-order valence-electron chi connectivity index (χ4n) is 0.753. The van der Waals surface area contributed by atoms with Crippen LogP contribution in [0.5, 0.6) is 0 Å². The fraction of sp³-hybridized carbons (Fsp3) is 0.833. The molecule has 0 radical (unpaired) electrons. The standard InChI is InChI=1S/C6H10ClNO/c1-2-5-4-9-6(3-7)8-5/h5H,2-4H2,1H3/t5-/m0/s1. The molecule has 0 amide bonds. The van der Waals surface area contributed by atoms with Crippen LogP contribution >= 0.6 is 11.6 Å². The number of nitrogens with zero attached hydrogens (tertiary/aromatic N) is 1. The SMILES string of the molecule is CC[C@H]1COC(CCl)=N1. The Kier molecular flexibility index (Phi) is 2.34. The number of alkyl halides is 1. The van der Waals surface area contributed by atoms with Gasteiger partial charge in [0.2, 0.25) is 0 Å². The van der Waals surface area contributed by atoms with Crippen LogP contribution in [0.3, 0.4) is 0 Å². The summed E-state index contributed by atoms with van der Waals surface area (Å²) < 4.78 is 5.12. The van der Waals surface area contributed by atoms with Gasteiger partial charge in [-0.1, -0.05) is 6.92 Å². The molecule has 3 heteroatoms. The van der Waals surface area contributed by atoms with Crippen LogP contribution in [0.15, 0.2) is 4.99 Å². The first-order valence-corrected chi connectivity index (χ1v) is 3.65. The molecule has 0 aromatic carbocycles. The second-order valence-corrected chi connectivity index (χ2v) is 2.30. The van der Waals surface area contributed by atoms with Gasteiger partial charge in [0, 0.05) is 0 Å². The topological polar surface area (TPSA) is 21.6 Å². The lowest BCUT2D eigenvalue weighted by Crippen LogP contribution is -2.03. The summed E-state index contributed by atoms with van der Waals surface area (Å²) in [5.41, 5.74) is 0. The molecule has 0 aromatic rings. The molecule has 0 saturated carbocycles. The molecular weight excluding hydrogens is 138 g/mol. The van der Waals surface area contributed by atoms with Gasteiger partial charge in [-0.25, -0.2) is 4.99 Å². The zero-order valence-corrected chi connectivity index (χ0v) is 6.19. The van der Waals surface area contributed by atoms with Crippen LogP contribution in [-0.2, 0) is 4.74 Å². The van der Waals surface area contributed by atoms with Gasteiger partial charge >= 0.3 is 0 Å². The number of hydrogen-bond acceptors (Lipinski definition) is 2. The number of rotatable bonds is 2. The Morgan fingerprint density at radius 2 is 2.67 bits per heavy atom. The summed E-state index contributed by atoms with van der Waals surface area (Å²) in [6.45, 7) is 2.81. The molecule has 0 aromatic heterocycles. The van der Waals surface area contributed by atoms with Crippen molar-refractivity contribution in [3.8, 4) is 0 Å². The van der Waals surface area contributed by atoms with Crippen LogP contribution in [0, 0.1) is 0 Å². The third-order valence-electron chi connectivity index (χ3n) is 1.35. The zero-order valence-electron chi connectivity index (χ0n) is 5.43. The van der Waals surface area contributed by atoms with Gasteiger partial charge in [-0.3, -0.25) is 0 Å². The van der Waals surface area contributed by atoms with Crippen LogP contribution in [0.25, 0.3) is 0 Å². The first-order valence-electron chi connectivity index (χ1n) is 3.12. The van der Waals surface area contributed by atoms with Gasteiger partial charge < -0.3 is 4.74 Å². The first kappa shape index (κ1) is 6.87. The highest BCUT2D eigenvalue weighted by Crippen LogP contribution is 2.07. The first-order chi connectivity index (χ1) is 4.36. The van der Waals surface area contributed by atoms with Gasteiger partial charge in [-0.15, -0.1) is 11.6 Å². The van der Waals surface area contributed by atoms with Gasteiger partial charge in [0.25, 0.3) is 0 Å². The molecule has 0 N–H and O–H groups in total. The maximum Gasteiger partial charge on any atom is 0.199 e. The lowest BCUT2D eigenvalue weighted by atomic mass is 10.3. The molecule has 1 aliphatic rings. The highest BCUT2D eigenvalue weighted by molar-refractivity contribution is 6.27. The maximum absolute atomic E-state index is 5.47. The summed E-state index contributed by atoms with van der Waals surface area (Å²) in [6, 6.07) is 0.360. The van der Waals surface area contributed by atoms with Crippen molar-refractivity contribution in [3.63, 3.8) is 0 Å². The summed E-state index contributed by atoms with van der Waals surface area (Å²) in [5, 5.41) is 0. The molecule has 1 atom stereocenters. The third kappa shape index (κ3) is 1.58. The molecule has 0 saturated heterocycles. The highest BCUT2D eigenvalue weighted by Gasteiger charge is 2.14. The Bertz CT molecular complexity index is 124. The van der Waals surface area contributed by atoms with Crippen molar-refractivity contribution in [2.75, 3.05) is 12.5 Å². The van der Waals surface area contributed by atoms with Gasteiger partial charge in [-0.2, -0.15) is 0 Å². The molecule has 0 fully saturated rings. The second kappa shape index (κ2) is 3.06. The van der Waals surface area contributed by atoms with E-state index in [9.17, 15) is 0 Å². The Hall–Kier alpha value is -0.240. The van der Waals surface area contributed by atoms with Gasteiger partial charge in [0.15, 0.2) is 5.90 Å². The molecule has 0 bridgehead atoms. The Morgan fingerprint density at radius 3 is 3.00 bits per heavy atom. The summed E-state index contributed by atoms with van der Waals surface area (Å²) in [6.07, 6.45) is 1.04. The van der Waals surface area contributed by atoms with Crippen molar-refractivity contribution >= 4 is 17.5 Å². The van der Waals surface area contributed by atoms with E-state index >= 15 is 0 Å². The van der Waals surface area contributed by atoms with Crippen molar-refractivity contribution in [1.82, 2.24) is 0 Å². The van der Waals surface area contributed by atoms with Crippen molar-refractivity contribution in [2.24, 2.45) is 4.99 Å². The molecular formula is C6H10ClNO. The number of aliphatic imine (C=N–C) groups is 1. The van der Waals surface area contributed by atoms with Gasteiger partial charge in [0.05, 0.1) is 11.9 Å². The maximum atomic E-state index is 5.47. The average molecular weight is 148 g/mol. The quantitative estimate of drug-likeness (QED) is 0.542. The molecule has 52 valence electrons. The molecule has 1 rings (SSSR count). The second-order valence-electron chi connectivity index (χ2n) is 2.03. The predicted octanol–water partition coefficient (Wildman–Crippen LogP) is 1.43. The summed E-state index contributed by atoms with van der Waals surface area (Å²) >= 11 is 5.47. The molecule has 0 spiro atoms. The summed E-state index contributed by atoms with van der Waals surface area (Å²) in [5.74, 6) is 1.11. The fourth-order valence-corrected chi connectivity index (χ4v) is 0.899. The van der Waals surface area contributed by atoms with Crippen molar-refractivity contribution in [3.05, 3.63) is 0 Å². The van der Waals surface area contributed by atoms with E-state index in [2.05, 4.69) is 11.9 Å². The van der Waals surface area contributed by atoms with Crippen molar-refractivity contribution < 1.29 is 4.74 Å². The lowest BCUT2D eigenvalue weighted by molar-refractivity contribution is 0.313. The predicted molar refractivity (Wildman–Crippen MR) is 38.2 cm³/mol. The van der Waals surface area contributed by atoms with Crippen molar-refractivity contribution in [2.45, 2.75) is 19.4 Å². The highest BCUT2D eigenvalue weighted by atomic mass is 35.5. The van der Waals surface area contributed by atoms with E-state index in [1.165, 1.54) is 0 Å². The van der Waals surface area contributed by atoms with Gasteiger partial charge in [-0.05, 0) is 6.42 Å². The zero-order chi connectivity index (χ0) is 6.69. The van der Waals surface area contributed by atoms with E-state index in [-0.39, 0.29) is 0 Å². The van der Waals surface area contributed by atoms with Gasteiger partial charge in [0.1, 0.15) is 6.61 Å².